The fourth-order valence-electron chi connectivity index (χ4n) is 3.51. The average molecular weight is 495 g/mol. The van der Waals surface area contributed by atoms with E-state index in [0.717, 1.165) is 5.69 Å². The molecule has 1 amide bonds. The van der Waals surface area contributed by atoms with Crippen LogP contribution in [0.1, 0.15) is 10.5 Å². The predicted molar refractivity (Wildman–Crippen MR) is 121 cm³/mol. The Bertz CT molecular complexity index is 1220. The molecule has 8 nitrogen and oxygen atoms in total. The van der Waals surface area contributed by atoms with Gasteiger partial charge in [-0.15, -0.1) is 0 Å². The zero-order valence-corrected chi connectivity index (χ0v) is 19.4. The first-order chi connectivity index (χ1) is 15.3. The van der Waals surface area contributed by atoms with Crippen LogP contribution in [0.4, 0.5) is 0 Å². The normalized spacial score (nSPS) is 15.0. The zero-order chi connectivity index (χ0) is 22.9. The average Bonchev–Trinajstić information content (AvgIpc) is 3.23. The predicted octanol–water partition coefficient (Wildman–Crippen LogP) is 3.33. The number of carbonyl (C=O) groups excluding carboxylic acids is 1. The number of benzene rings is 2. The Morgan fingerprint density at radius 2 is 1.59 bits per heavy atom. The van der Waals surface area contributed by atoms with Crippen LogP contribution in [0.5, 0.6) is 5.75 Å². The maximum Gasteiger partial charge on any atom is 0.278 e. The summed E-state index contributed by atoms with van der Waals surface area (Å²) in [6, 6.07) is 13.9. The smallest absolute Gasteiger partial charge is 0.278 e. The summed E-state index contributed by atoms with van der Waals surface area (Å²) < 4.78 is 34.3. The van der Waals surface area contributed by atoms with Crippen molar-refractivity contribution in [2.45, 2.75) is 4.90 Å². The number of carbonyl (C=O) groups is 1. The molecule has 0 saturated carbocycles. The van der Waals surface area contributed by atoms with E-state index in [2.05, 4.69) is 5.10 Å². The lowest BCUT2D eigenvalue weighted by molar-refractivity contribution is 0.0688. The van der Waals surface area contributed by atoms with Gasteiger partial charge < -0.3 is 9.64 Å². The Labute approximate surface area is 195 Å². The van der Waals surface area contributed by atoms with Crippen molar-refractivity contribution in [2.24, 2.45) is 0 Å². The fraction of sp³-hybridized carbons (Fsp3) is 0.238. The Morgan fingerprint density at radius 3 is 2.19 bits per heavy atom. The van der Waals surface area contributed by atoms with Crippen molar-refractivity contribution in [3.05, 3.63) is 70.5 Å². The van der Waals surface area contributed by atoms with E-state index in [1.54, 1.807) is 21.8 Å². The van der Waals surface area contributed by atoms with E-state index in [0.29, 0.717) is 5.75 Å². The number of nitrogens with zero attached hydrogens (tertiary/aromatic N) is 4. The van der Waals surface area contributed by atoms with E-state index >= 15 is 0 Å². The SMILES string of the molecule is COc1cn(-c2ccccc2)nc1C(=O)N1CCN(S(=O)(=O)c2c(Cl)cccc2Cl)CC1. The Morgan fingerprint density at radius 1 is 0.969 bits per heavy atom. The molecule has 2 aromatic carbocycles. The number of halogens is 2. The van der Waals surface area contributed by atoms with Crippen molar-refractivity contribution in [1.82, 2.24) is 19.0 Å². The lowest BCUT2D eigenvalue weighted by Crippen LogP contribution is -2.50. The summed E-state index contributed by atoms with van der Waals surface area (Å²) in [7, 11) is -2.42. The van der Waals surface area contributed by atoms with Crippen molar-refractivity contribution in [3.63, 3.8) is 0 Å². The molecule has 32 heavy (non-hydrogen) atoms. The van der Waals surface area contributed by atoms with Crippen molar-refractivity contribution in [1.29, 1.82) is 0 Å². The Hall–Kier alpha value is -2.59. The summed E-state index contributed by atoms with van der Waals surface area (Å²) in [5, 5.41) is 4.52. The second-order valence-electron chi connectivity index (χ2n) is 7.07. The van der Waals surface area contributed by atoms with Gasteiger partial charge in [-0.2, -0.15) is 9.40 Å². The molecule has 0 N–H and O–H groups in total. The molecule has 11 heteroatoms. The molecule has 0 atom stereocenters. The van der Waals surface area contributed by atoms with E-state index in [9.17, 15) is 13.2 Å². The lowest BCUT2D eigenvalue weighted by Gasteiger charge is -2.34. The second kappa shape index (κ2) is 9.11. The van der Waals surface area contributed by atoms with Crippen molar-refractivity contribution >= 4 is 39.1 Å². The summed E-state index contributed by atoms with van der Waals surface area (Å²) in [5.74, 6) is 0.0149. The van der Waals surface area contributed by atoms with Crippen LogP contribution >= 0.6 is 23.2 Å². The van der Waals surface area contributed by atoms with Crippen LogP contribution in [-0.4, -0.2) is 66.6 Å². The highest BCUT2D eigenvalue weighted by Gasteiger charge is 2.34. The van der Waals surface area contributed by atoms with Gasteiger partial charge in [0.2, 0.25) is 10.0 Å². The van der Waals surface area contributed by atoms with Crippen LogP contribution in [0, 0.1) is 0 Å². The van der Waals surface area contributed by atoms with Crippen LogP contribution in [0.3, 0.4) is 0 Å². The molecule has 0 spiro atoms. The molecule has 0 unspecified atom stereocenters. The molecular weight excluding hydrogens is 475 g/mol. The van der Waals surface area contributed by atoms with Gasteiger partial charge in [-0.1, -0.05) is 47.5 Å². The number of methoxy groups -OCH3 is 1. The molecule has 0 aliphatic carbocycles. The van der Waals surface area contributed by atoms with Crippen LogP contribution in [0.2, 0.25) is 10.0 Å². The van der Waals surface area contributed by atoms with E-state index in [-0.39, 0.29) is 52.7 Å². The molecule has 1 aliphatic rings. The molecule has 4 rings (SSSR count). The molecule has 0 radical (unpaired) electrons. The quantitative estimate of drug-likeness (QED) is 0.542. The first-order valence-corrected chi connectivity index (χ1v) is 11.9. The number of piperazine rings is 1. The number of para-hydroxylation sites is 1. The van der Waals surface area contributed by atoms with E-state index in [1.165, 1.54) is 23.5 Å². The zero-order valence-electron chi connectivity index (χ0n) is 17.1. The monoisotopic (exact) mass is 494 g/mol. The van der Waals surface area contributed by atoms with Crippen molar-refractivity contribution < 1.29 is 17.9 Å². The highest BCUT2D eigenvalue weighted by Crippen LogP contribution is 2.32. The number of rotatable bonds is 5. The third kappa shape index (κ3) is 4.21. The van der Waals surface area contributed by atoms with Crippen molar-refractivity contribution in [3.8, 4) is 11.4 Å². The minimum absolute atomic E-state index is 0.0622. The number of aromatic nitrogens is 2. The standard InChI is InChI=1S/C21H20Cl2N4O4S/c1-31-18-14-27(15-6-3-2-4-7-15)24-19(18)21(28)25-10-12-26(13-11-25)32(29,30)20-16(22)8-5-9-17(20)23/h2-9,14H,10-13H2,1H3. The van der Waals surface area contributed by atoms with E-state index in [4.69, 9.17) is 27.9 Å². The van der Waals surface area contributed by atoms with Gasteiger partial charge in [0, 0.05) is 26.2 Å². The fourth-order valence-corrected chi connectivity index (χ4v) is 6.02. The highest BCUT2D eigenvalue weighted by molar-refractivity contribution is 7.89. The van der Waals surface area contributed by atoms with Gasteiger partial charge in [0.15, 0.2) is 11.4 Å². The molecule has 3 aromatic rings. The summed E-state index contributed by atoms with van der Waals surface area (Å²) in [4.78, 5) is 14.6. The Balaban J connectivity index is 1.51. The molecule has 1 saturated heterocycles. The molecular formula is C21H20Cl2N4O4S. The highest BCUT2D eigenvalue weighted by atomic mass is 35.5. The second-order valence-corrected chi connectivity index (χ2v) is 9.76. The number of sulfonamides is 1. The number of hydrogen-bond acceptors (Lipinski definition) is 5. The molecule has 1 fully saturated rings. The maximum absolute atomic E-state index is 13.1. The summed E-state index contributed by atoms with van der Waals surface area (Å²) in [6.45, 7) is 0.609. The summed E-state index contributed by atoms with van der Waals surface area (Å²) in [6.07, 6.45) is 1.64. The molecule has 0 bridgehead atoms. The lowest BCUT2D eigenvalue weighted by atomic mass is 10.3. The summed E-state index contributed by atoms with van der Waals surface area (Å²) in [5.41, 5.74) is 0.958. The topological polar surface area (TPSA) is 84.7 Å². The molecule has 2 heterocycles. The van der Waals surface area contributed by atoms with Gasteiger partial charge in [-0.3, -0.25) is 4.79 Å². The van der Waals surface area contributed by atoms with Gasteiger partial charge >= 0.3 is 0 Å². The number of ether oxygens (including phenoxy) is 1. The van der Waals surface area contributed by atoms with Gasteiger partial charge in [-0.05, 0) is 24.3 Å². The van der Waals surface area contributed by atoms with Gasteiger partial charge in [-0.25, -0.2) is 13.1 Å². The Kier molecular flexibility index (Phi) is 6.43. The third-order valence-corrected chi connectivity index (χ3v) is 8.02. The minimum atomic E-state index is -3.89. The number of hydrogen-bond donors (Lipinski definition) is 0. The van der Waals surface area contributed by atoms with Crippen LogP contribution in [-0.2, 0) is 10.0 Å². The van der Waals surface area contributed by atoms with Crippen LogP contribution < -0.4 is 4.74 Å². The molecule has 1 aliphatic heterocycles. The molecule has 168 valence electrons. The van der Waals surface area contributed by atoms with Crippen LogP contribution in [0.25, 0.3) is 5.69 Å². The first kappa shape index (κ1) is 22.6. The molecule has 1 aromatic heterocycles. The van der Waals surface area contributed by atoms with Crippen LogP contribution in [0.15, 0.2) is 59.6 Å². The maximum atomic E-state index is 13.1. The van der Waals surface area contributed by atoms with E-state index < -0.39 is 10.0 Å². The van der Waals surface area contributed by atoms with Gasteiger partial charge in [0.1, 0.15) is 4.90 Å². The van der Waals surface area contributed by atoms with Gasteiger partial charge in [0.25, 0.3) is 5.91 Å². The largest absolute Gasteiger partial charge is 0.493 e. The van der Waals surface area contributed by atoms with Crippen molar-refractivity contribution in [2.75, 3.05) is 33.3 Å². The minimum Gasteiger partial charge on any atom is -0.493 e. The van der Waals surface area contributed by atoms with E-state index in [1.807, 2.05) is 30.3 Å². The third-order valence-electron chi connectivity index (χ3n) is 5.17. The summed E-state index contributed by atoms with van der Waals surface area (Å²) >= 11 is 12.2. The number of amides is 1. The first-order valence-electron chi connectivity index (χ1n) is 9.75. The van der Waals surface area contributed by atoms with Gasteiger partial charge in [0.05, 0.1) is 29.0 Å².